The number of nitrogens with zero attached hydrogens (tertiary/aromatic N) is 4. The van der Waals surface area contributed by atoms with Crippen LogP contribution in [0.15, 0.2) is 54.9 Å². The highest BCUT2D eigenvalue weighted by Crippen LogP contribution is 2.17. The molecule has 0 aliphatic rings. The van der Waals surface area contributed by atoms with Gasteiger partial charge in [0.25, 0.3) is 0 Å². The van der Waals surface area contributed by atoms with Crippen molar-refractivity contribution in [2.75, 3.05) is 16.0 Å². The Kier molecular flexibility index (Phi) is 5.10. The van der Waals surface area contributed by atoms with Gasteiger partial charge in [0.05, 0.1) is 18.4 Å². The van der Waals surface area contributed by atoms with Gasteiger partial charge in [-0.3, -0.25) is 9.78 Å². The lowest BCUT2D eigenvalue weighted by Gasteiger charge is -2.08. The Morgan fingerprint density at radius 3 is 2.60 bits per heavy atom. The lowest BCUT2D eigenvalue weighted by Crippen LogP contribution is -2.07. The van der Waals surface area contributed by atoms with E-state index in [1.54, 1.807) is 24.5 Å². The van der Waals surface area contributed by atoms with Gasteiger partial charge in [-0.15, -0.1) is 5.10 Å². The van der Waals surface area contributed by atoms with Crippen LogP contribution in [0.4, 0.5) is 23.1 Å². The molecule has 3 rings (SSSR count). The molecule has 0 radical (unpaired) electrons. The van der Waals surface area contributed by atoms with Crippen molar-refractivity contribution in [2.24, 2.45) is 0 Å². The number of rotatable bonds is 6. The molecule has 0 saturated heterocycles. The summed E-state index contributed by atoms with van der Waals surface area (Å²) in [6, 6.07) is 13.0. The maximum absolute atomic E-state index is 11.0. The summed E-state index contributed by atoms with van der Waals surface area (Å²) in [5, 5.41) is 16.8. The van der Waals surface area contributed by atoms with E-state index in [0.29, 0.717) is 18.3 Å². The van der Waals surface area contributed by atoms with Crippen molar-refractivity contribution in [1.82, 2.24) is 20.2 Å². The van der Waals surface area contributed by atoms with Gasteiger partial charge in [0.2, 0.25) is 11.9 Å². The third-order valence-electron chi connectivity index (χ3n) is 3.20. The molecule has 0 bridgehead atoms. The Balaban J connectivity index is 1.62. The number of nitrogens with one attached hydrogen (secondary N) is 3. The molecular weight excluding hydrogens is 318 g/mol. The summed E-state index contributed by atoms with van der Waals surface area (Å²) in [6.07, 6.45) is 3.29. The molecule has 25 heavy (non-hydrogen) atoms. The summed E-state index contributed by atoms with van der Waals surface area (Å²) < 4.78 is 0. The van der Waals surface area contributed by atoms with Gasteiger partial charge in [0.15, 0.2) is 5.82 Å². The van der Waals surface area contributed by atoms with Gasteiger partial charge in [0.1, 0.15) is 0 Å². The maximum atomic E-state index is 11.0. The molecule has 0 saturated carbocycles. The van der Waals surface area contributed by atoms with E-state index in [0.717, 1.165) is 17.1 Å². The van der Waals surface area contributed by atoms with Crippen molar-refractivity contribution in [3.8, 4) is 0 Å². The van der Waals surface area contributed by atoms with Gasteiger partial charge in [-0.2, -0.15) is 10.1 Å². The van der Waals surface area contributed by atoms with Crippen LogP contribution < -0.4 is 16.0 Å². The Labute approximate surface area is 144 Å². The molecule has 2 aromatic heterocycles. The van der Waals surface area contributed by atoms with Crippen LogP contribution in [0, 0.1) is 0 Å². The highest BCUT2D eigenvalue weighted by Gasteiger charge is 2.03. The number of anilines is 4. The van der Waals surface area contributed by atoms with Crippen LogP contribution in [0.1, 0.15) is 12.6 Å². The van der Waals surface area contributed by atoms with Crippen molar-refractivity contribution < 1.29 is 4.79 Å². The van der Waals surface area contributed by atoms with E-state index in [1.807, 2.05) is 30.3 Å². The minimum Gasteiger partial charge on any atom is -0.363 e. The quantitative estimate of drug-likeness (QED) is 0.636. The summed E-state index contributed by atoms with van der Waals surface area (Å²) in [5.74, 6) is 0.858. The molecular formula is C17H17N7O. The number of amides is 1. The zero-order chi connectivity index (χ0) is 17.5. The van der Waals surface area contributed by atoms with Gasteiger partial charge >= 0.3 is 0 Å². The van der Waals surface area contributed by atoms with Crippen LogP contribution in [-0.4, -0.2) is 26.1 Å². The molecule has 3 aromatic rings. The molecule has 3 N–H and O–H groups in total. The molecule has 0 atom stereocenters. The van der Waals surface area contributed by atoms with Crippen LogP contribution in [0.25, 0.3) is 0 Å². The Hall–Kier alpha value is -3.55. The van der Waals surface area contributed by atoms with Crippen molar-refractivity contribution in [1.29, 1.82) is 0 Å². The van der Waals surface area contributed by atoms with E-state index in [1.165, 1.54) is 6.92 Å². The van der Waals surface area contributed by atoms with Gasteiger partial charge in [-0.1, -0.05) is 6.07 Å². The minimum absolute atomic E-state index is 0.111. The fourth-order valence-corrected chi connectivity index (χ4v) is 2.09. The summed E-state index contributed by atoms with van der Waals surface area (Å²) >= 11 is 0. The first-order chi connectivity index (χ1) is 12.2. The van der Waals surface area contributed by atoms with Crippen LogP contribution >= 0.6 is 0 Å². The number of pyridine rings is 1. The first-order valence-electron chi connectivity index (χ1n) is 7.67. The molecule has 1 aromatic carbocycles. The van der Waals surface area contributed by atoms with E-state index in [2.05, 4.69) is 36.1 Å². The highest BCUT2D eigenvalue weighted by molar-refractivity contribution is 5.88. The summed E-state index contributed by atoms with van der Waals surface area (Å²) in [5.41, 5.74) is 2.42. The molecule has 126 valence electrons. The second-order valence-electron chi connectivity index (χ2n) is 5.22. The van der Waals surface area contributed by atoms with Crippen LogP contribution in [0.2, 0.25) is 0 Å². The largest absolute Gasteiger partial charge is 0.363 e. The van der Waals surface area contributed by atoms with Crippen molar-refractivity contribution >= 4 is 29.0 Å². The van der Waals surface area contributed by atoms with E-state index >= 15 is 0 Å². The maximum Gasteiger partial charge on any atom is 0.249 e. The molecule has 0 spiro atoms. The van der Waals surface area contributed by atoms with Crippen LogP contribution in [0.3, 0.4) is 0 Å². The number of carbonyl (C=O) groups excluding carboxylic acids is 1. The number of hydrogen-bond donors (Lipinski definition) is 3. The van der Waals surface area contributed by atoms with Gasteiger partial charge in [0, 0.05) is 24.5 Å². The second-order valence-corrected chi connectivity index (χ2v) is 5.22. The van der Waals surface area contributed by atoms with Gasteiger partial charge in [-0.05, 0) is 36.4 Å². The average molecular weight is 335 g/mol. The number of hydrogen-bond acceptors (Lipinski definition) is 7. The first-order valence-corrected chi connectivity index (χ1v) is 7.67. The van der Waals surface area contributed by atoms with Crippen LogP contribution in [-0.2, 0) is 11.3 Å². The third-order valence-corrected chi connectivity index (χ3v) is 3.20. The monoisotopic (exact) mass is 335 g/mol. The standard InChI is InChI=1S/C17H17N7O/c1-12(25)21-13-5-7-14(8-6-13)22-17-23-16(11-20-24-17)19-10-15-4-2-3-9-18-15/h2-9,11H,10H2,1H3,(H,21,25)(H2,19,22,23,24). The molecule has 0 aliphatic carbocycles. The zero-order valence-electron chi connectivity index (χ0n) is 13.6. The average Bonchev–Trinajstić information content (AvgIpc) is 2.62. The predicted octanol–water partition coefficient (Wildman–Crippen LogP) is 2.58. The molecule has 0 fully saturated rings. The normalized spacial score (nSPS) is 10.1. The minimum atomic E-state index is -0.111. The highest BCUT2D eigenvalue weighted by atomic mass is 16.1. The first kappa shape index (κ1) is 16.3. The van der Waals surface area contributed by atoms with E-state index in [9.17, 15) is 4.79 Å². The van der Waals surface area contributed by atoms with Crippen LogP contribution in [0.5, 0.6) is 0 Å². The lowest BCUT2D eigenvalue weighted by atomic mass is 10.3. The summed E-state index contributed by atoms with van der Waals surface area (Å²) in [4.78, 5) is 19.6. The molecule has 1 amide bonds. The zero-order valence-corrected chi connectivity index (χ0v) is 13.6. The lowest BCUT2D eigenvalue weighted by molar-refractivity contribution is -0.114. The number of aromatic nitrogens is 4. The van der Waals surface area contributed by atoms with Crippen molar-refractivity contribution in [3.05, 3.63) is 60.6 Å². The van der Waals surface area contributed by atoms with E-state index < -0.39 is 0 Å². The predicted molar refractivity (Wildman–Crippen MR) is 95.4 cm³/mol. The molecule has 0 unspecified atom stereocenters. The third kappa shape index (κ3) is 4.96. The Morgan fingerprint density at radius 2 is 1.88 bits per heavy atom. The topological polar surface area (TPSA) is 105 Å². The van der Waals surface area contributed by atoms with Gasteiger partial charge in [-0.25, -0.2) is 0 Å². The van der Waals surface area contributed by atoms with Gasteiger partial charge < -0.3 is 16.0 Å². The fraction of sp³-hybridized carbons (Fsp3) is 0.118. The van der Waals surface area contributed by atoms with Crippen molar-refractivity contribution in [2.45, 2.75) is 13.5 Å². The molecule has 2 heterocycles. The Morgan fingerprint density at radius 1 is 1.08 bits per heavy atom. The number of carbonyl (C=O) groups is 1. The van der Waals surface area contributed by atoms with E-state index in [-0.39, 0.29) is 5.91 Å². The number of benzene rings is 1. The smallest absolute Gasteiger partial charge is 0.249 e. The second kappa shape index (κ2) is 7.82. The molecule has 8 nitrogen and oxygen atoms in total. The Bertz CT molecular complexity index is 837. The summed E-state index contributed by atoms with van der Waals surface area (Å²) in [6.45, 7) is 2.01. The molecule has 8 heteroatoms. The fourth-order valence-electron chi connectivity index (χ4n) is 2.09. The van der Waals surface area contributed by atoms with Crippen molar-refractivity contribution in [3.63, 3.8) is 0 Å². The van der Waals surface area contributed by atoms with E-state index in [4.69, 9.17) is 0 Å². The molecule has 0 aliphatic heterocycles. The SMILES string of the molecule is CC(=O)Nc1ccc(Nc2nncc(NCc3ccccn3)n2)cc1. The summed E-state index contributed by atoms with van der Waals surface area (Å²) in [7, 11) is 0.